The smallest absolute Gasteiger partial charge is 0.173 e. The minimum absolute atomic E-state index is 0.436. The summed E-state index contributed by atoms with van der Waals surface area (Å²) in [5.41, 5.74) is 0. The summed E-state index contributed by atoms with van der Waals surface area (Å²) >= 11 is 0. The quantitative estimate of drug-likeness (QED) is 0.348. The molecule has 5 N–H and O–H groups in total. The molecule has 0 aromatic carbocycles. The topological polar surface area (TPSA) is 102 Å². The highest BCUT2D eigenvalue weighted by Crippen LogP contribution is 2.19. The summed E-state index contributed by atoms with van der Waals surface area (Å²) < 4.78 is 4.92. The summed E-state index contributed by atoms with van der Waals surface area (Å²) in [6.07, 6.45) is -4.48. The number of aliphatic hydroxyl groups is 4. The number of nitrogens with one attached hydrogen (secondary N) is 1. The van der Waals surface area contributed by atoms with E-state index in [9.17, 15) is 15.3 Å². The monoisotopic (exact) mass is 207 g/mol. The van der Waals surface area contributed by atoms with Crippen LogP contribution in [0, 0.1) is 0 Å². The predicted octanol–water partition coefficient (Wildman–Crippen LogP) is -2.60. The third-order valence-corrected chi connectivity index (χ3v) is 2.34. The van der Waals surface area contributed by atoms with Crippen molar-refractivity contribution in [2.45, 2.75) is 37.6 Å². The zero-order valence-electron chi connectivity index (χ0n) is 8.00. The molecule has 1 heterocycles. The summed E-state index contributed by atoms with van der Waals surface area (Å²) in [7, 11) is 0. The Morgan fingerprint density at radius 3 is 2.36 bits per heavy atom. The first-order valence-corrected chi connectivity index (χ1v) is 4.65. The Bertz CT molecular complexity index is 179. The molecule has 0 aliphatic carbocycles. The van der Waals surface area contributed by atoms with Crippen LogP contribution in [0.15, 0.2) is 0 Å². The third kappa shape index (κ3) is 2.22. The van der Waals surface area contributed by atoms with Crippen LogP contribution in [-0.2, 0) is 4.74 Å². The lowest BCUT2D eigenvalue weighted by Gasteiger charge is -2.40. The fourth-order valence-corrected chi connectivity index (χ4v) is 1.55. The van der Waals surface area contributed by atoms with Crippen LogP contribution in [-0.4, -0.2) is 64.2 Å². The lowest BCUT2D eigenvalue weighted by Crippen LogP contribution is -2.63. The molecule has 0 amide bonds. The van der Waals surface area contributed by atoms with Gasteiger partial charge in [0, 0.05) is 0 Å². The number of hydrogen-bond acceptors (Lipinski definition) is 6. The fourth-order valence-electron chi connectivity index (χ4n) is 1.55. The van der Waals surface area contributed by atoms with Gasteiger partial charge in [0.25, 0.3) is 0 Å². The predicted molar refractivity (Wildman–Crippen MR) is 47.4 cm³/mol. The molecule has 1 fully saturated rings. The van der Waals surface area contributed by atoms with Gasteiger partial charge in [0.15, 0.2) is 6.29 Å². The fraction of sp³-hybridized carbons (Fsp3) is 1.00. The maximum atomic E-state index is 9.58. The van der Waals surface area contributed by atoms with Crippen molar-refractivity contribution in [3.8, 4) is 0 Å². The summed E-state index contributed by atoms with van der Waals surface area (Å²) in [5, 5.41) is 40.0. The van der Waals surface area contributed by atoms with Crippen LogP contribution in [0.4, 0.5) is 0 Å². The average Bonchev–Trinajstić information content (AvgIpc) is 2.18. The van der Waals surface area contributed by atoms with Crippen molar-refractivity contribution in [3.05, 3.63) is 0 Å². The van der Waals surface area contributed by atoms with E-state index >= 15 is 0 Å². The van der Waals surface area contributed by atoms with E-state index in [1.165, 1.54) is 0 Å². The molecule has 0 saturated carbocycles. The van der Waals surface area contributed by atoms with Crippen molar-refractivity contribution in [3.63, 3.8) is 0 Å². The number of ether oxygens (including phenoxy) is 1. The minimum Gasteiger partial charge on any atom is -0.394 e. The maximum Gasteiger partial charge on any atom is 0.173 e. The van der Waals surface area contributed by atoms with E-state index in [1.807, 2.05) is 6.92 Å². The van der Waals surface area contributed by atoms with Gasteiger partial charge in [-0.2, -0.15) is 0 Å². The molecule has 1 rings (SSSR count). The molecule has 6 heteroatoms. The standard InChI is InChI=1S/C8H17NO5/c1-2-9-5-7(12)6(11)4(3-10)14-8(5)13/h4-13H,2-3H2,1H3/t4-,5-,6-,7-,8+/m0/s1. The van der Waals surface area contributed by atoms with E-state index in [-0.39, 0.29) is 0 Å². The van der Waals surface area contributed by atoms with E-state index < -0.39 is 37.3 Å². The molecule has 0 radical (unpaired) electrons. The van der Waals surface area contributed by atoms with Crippen molar-refractivity contribution in [2.75, 3.05) is 13.2 Å². The molecule has 6 nitrogen and oxygen atoms in total. The first-order chi connectivity index (χ1) is 6.61. The Kier molecular flexibility index (Phi) is 4.24. The van der Waals surface area contributed by atoms with Crippen LogP contribution in [0.3, 0.4) is 0 Å². The van der Waals surface area contributed by atoms with Gasteiger partial charge in [-0.25, -0.2) is 0 Å². The Balaban J connectivity index is 2.63. The van der Waals surface area contributed by atoms with Crippen molar-refractivity contribution < 1.29 is 25.2 Å². The normalized spacial score (nSPS) is 43.9. The Hall–Kier alpha value is -0.240. The molecule has 1 aliphatic rings. The summed E-state index contributed by atoms with van der Waals surface area (Å²) in [5.74, 6) is 0. The Labute approximate surface area is 82.1 Å². The van der Waals surface area contributed by atoms with Gasteiger partial charge in [-0.15, -0.1) is 0 Å². The SMILES string of the molecule is CCN[C@H]1[C@H](O)[C@@H](O)[C@H](CO)O[C@H]1O. The van der Waals surface area contributed by atoms with Gasteiger partial charge in [0.05, 0.1) is 12.6 Å². The first kappa shape index (κ1) is 11.8. The Morgan fingerprint density at radius 2 is 1.86 bits per heavy atom. The third-order valence-electron chi connectivity index (χ3n) is 2.34. The lowest BCUT2D eigenvalue weighted by atomic mass is 9.97. The largest absolute Gasteiger partial charge is 0.394 e. The van der Waals surface area contributed by atoms with Crippen LogP contribution in [0.1, 0.15) is 6.92 Å². The van der Waals surface area contributed by atoms with Crippen LogP contribution >= 0.6 is 0 Å². The highest BCUT2D eigenvalue weighted by Gasteiger charge is 2.42. The molecule has 5 atom stereocenters. The molecule has 0 bridgehead atoms. The average molecular weight is 207 g/mol. The summed E-state index contributed by atoms with van der Waals surface area (Å²) in [4.78, 5) is 0. The van der Waals surface area contributed by atoms with E-state index in [0.29, 0.717) is 6.54 Å². The van der Waals surface area contributed by atoms with Gasteiger partial charge in [-0.1, -0.05) is 6.92 Å². The van der Waals surface area contributed by atoms with Crippen molar-refractivity contribution in [2.24, 2.45) is 0 Å². The molecular weight excluding hydrogens is 190 g/mol. The van der Waals surface area contributed by atoms with Crippen LogP contribution < -0.4 is 5.32 Å². The second-order valence-electron chi connectivity index (χ2n) is 3.31. The molecule has 0 unspecified atom stereocenters. The molecule has 0 aromatic rings. The van der Waals surface area contributed by atoms with E-state index in [0.717, 1.165) is 0 Å². The van der Waals surface area contributed by atoms with Crippen LogP contribution in [0.5, 0.6) is 0 Å². The van der Waals surface area contributed by atoms with Crippen LogP contribution in [0.2, 0.25) is 0 Å². The van der Waals surface area contributed by atoms with Gasteiger partial charge in [0.1, 0.15) is 18.3 Å². The van der Waals surface area contributed by atoms with E-state index in [2.05, 4.69) is 5.32 Å². The van der Waals surface area contributed by atoms with Gasteiger partial charge < -0.3 is 30.5 Å². The highest BCUT2D eigenvalue weighted by atomic mass is 16.6. The zero-order chi connectivity index (χ0) is 10.7. The highest BCUT2D eigenvalue weighted by molar-refractivity contribution is 4.92. The maximum absolute atomic E-state index is 9.58. The number of rotatable bonds is 3. The van der Waals surface area contributed by atoms with Gasteiger partial charge >= 0.3 is 0 Å². The molecule has 0 aromatic heterocycles. The minimum atomic E-state index is -1.22. The molecule has 1 aliphatic heterocycles. The van der Waals surface area contributed by atoms with Crippen LogP contribution in [0.25, 0.3) is 0 Å². The lowest BCUT2D eigenvalue weighted by molar-refractivity contribution is -0.254. The number of aliphatic hydroxyl groups excluding tert-OH is 4. The van der Waals surface area contributed by atoms with E-state index in [4.69, 9.17) is 9.84 Å². The molecular formula is C8H17NO5. The van der Waals surface area contributed by atoms with Gasteiger partial charge in [-0.05, 0) is 6.54 Å². The summed E-state index contributed by atoms with van der Waals surface area (Å²) in [6, 6.07) is -0.724. The molecule has 1 saturated heterocycles. The zero-order valence-corrected chi connectivity index (χ0v) is 8.00. The second kappa shape index (κ2) is 5.01. The van der Waals surface area contributed by atoms with Crippen molar-refractivity contribution in [1.82, 2.24) is 5.32 Å². The van der Waals surface area contributed by atoms with Crippen molar-refractivity contribution in [1.29, 1.82) is 0 Å². The molecule has 0 spiro atoms. The van der Waals surface area contributed by atoms with Crippen molar-refractivity contribution >= 4 is 0 Å². The van der Waals surface area contributed by atoms with Gasteiger partial charge in [0.2, 0.25) is 0 Å². The number of hydrogen-bond donors (Lipinski definition) is 5. The summed E-state index contributed by atoms with van der Waals surface area (Å²) in [6.45, 7) is 1.91. The number of likely N-dealkylation sites (N-methyl/N-ethyl adjacent to an activating group) is 1. The molecule has 14 heavy (non-hydrogen) atoms. The second-order valence-corrected chi connectivity index (χ2v) is 3.31. The first-order valence-electron chi connectivity index (χ1n) is 4.65. The van der Waals surface area contributed by atoms with E-state index in [1.54, 1.807) is 0 Å². The Morgan fingerprint density at radius 1 is 1.21 bits per heavy atom. The van der Waals surface area contributed by atoms with Gasteiger partial charge in [-0.3, -0.25) is 0 Å². The molecule has 84 valence electrons.